The number of nitrogens with zero attached hydrogens (tertiary/aromatic N) is 3. The summed E-state index contributed by atoms with van der Waals surface area (Å²) >= 11 is 0. The number of hydrogen-bond acceptors (Lipinski definition) is 11. The van der Waals surface area contributed by atoms with Crippen molar-refractivity contribution in [3.8, 4) is 17.3 Å². The normalized spacial score (nSPS) is 24.4. The number of aromatic nitrogens is 2. The van der Waals surface area contributed by atoms with Gasteiger partial charge in [-0.3, -0.25) is 9.59 Å². The summed E-state index contributed by atoms with van der Waals surface area (Å²) in [6.45, 7) is 4.03. The number of aliphatic hydroxyl groups excluding tert-OH is 1. The van der Waals surface area contributed by atoms with Gasteiger partial charge in [0.05, 0.1) is 7.11 Å². The molecule has 47 heavy (non-hydrogen) atoms. The fourth-order valence-electron chi connectivity index (χ4n) is 7.61. The second-order valence-electron chi connectivity index (χ2n) is 13.0. The van der Waals surface area contributed by atoms with E-state index in [2.05, 4.69) is 10.3 Å². The zero-order valence-electron chi connectivity index (χ0n) is 26.2. The zero-order chi connectivity index (χ0) is 32.6. The fraction of sp³-hybridized carbons (Fsp3) is 0.400. The van der Waals surface area contributed by atoms with Crippen molar-refractivity contribution in [2.75, 3.05) is 19.0 Å². The standard InChI is InChI=1S/C35H34N4O8/c1-17(2)28(41)25(40)15-19-13-18-10-11-26-21(14-18)35(20-7-4-5-8-22(20)37-34(35)46-26)29-27(31-36-23(16-45-31)33(43)44-3)38-30(47-29)24-9-6-12-39(24)32(19)42/h4-5,7-8,10-11,14,16-17,19,24,28,34,37,41H,6,9,12-13,15H2,1-3H3/t19-,24+,28+,34+,35?/m1/s1. The Kier molecular flexibility index (Phi) is 6.76. The summed E-state index contributed by atoms with van der Waals surface area (Å²) in [7, 11) is 1.27. The number of anilines is 1. The smallest absolute Gasteiger partial charge is 0.360 e. The van der Waals surface area contributed by atoms with E-state index < -0.39 is 35.7 Å². The van der Waals surface area contributed by atoms with Crippen LogP contribution in [0.3, 0.4) is 0 Å². The molecule has 6 heterocycles. The van der Waals surface area contributed by atoms with Crippen molar-refractivity contribution >= 4 is 23.3 Å². The number of aliphatic hydroxyl groups is 1. The van der Waals surface area contributed by atoms with E-state index >= 15 is 0 Å². The Morgan fingerprint density at radius 3 is 2.81 bits per heavy atom. The molecule has 4 aliphatic heterocycles. The van der Waals surface area contributed by atoms with Gasteiger partial charge in [0.1, 0.15) is 29.6 Å². The lowest BCUT2D eigenvalue weighted by Crippen LogP contribution is -2.40. The van der Waals surface area contributed by atoms with Crippen LogP contribution < -0.4 is 10.1 Å². The molecule has 0 saturated carbocycles. The van der Waals surface area contributed by atoms with Crippen molar-refractivity contribution in [1.29, 1.82) is 0 Å². The first kappa shape index (κ1) is 29.4. The summed E-state index contributed by atoms with van der Waals surface area (Å²) in [6, 6.07) is 13.2. The van der Waals surface area contributed by atoms with Gasteiger partial charge < -0.3 is 33.6 Å². The number of rotatable bonds is 6. The van der Waals surface area contributed by atoms with Crippen LogP contribution >= 0.6 is 0 Å². The molecule has 2 aromatic carbocycles. The van der Waals surface area contributed by atoms with Crippen LogP contribution in [0.5, 0.6) is 5.75 Å². The van der Waals surface area contributed by atoms with E-state index in [-0.39, 0.29) is 41.3 Å². The number of oxazole rings is 2. The first-order valence-corrected chi connectivity index (χ1v) is 15.9. The monoisotopic (exact) mass is 638 g/mol. The third-order valence-electron chi connectivity index (χ3n) is 9.91. The van der Waals surface area contributed by atoms with Crippen molar-refractivity contribution in [3.05, 3.63) is 82.8 Å². The van der Waals surface area contributed by atoms with Crippen molar-refractivity contribution in [1.82, 2.24) is 14.9 Å². The lowest BCUT2D eigenvalue weighted by atomic mass is 9.72. The number of fused-ring (bicyclic) bond motifs is 6. The fourth-order valence-corrected chi connectivity index (χ4v) is 7.61. The molecule has 2 aromatic heterocycles. The molecule has 8 rings (SSSR count). The van der Waals surface area contributed by atoms with Crippen LogP contribution in [0.1, 0.15) is 78.0 Å². The van der Waals surface area contributed by atoms with Gasteiger partial charge in [-0.1, -0.05) is 44.2 Å². The molecule has 0 aliphatic carbocycles. The quantitative estimate of drug-likeness (QED) is 0.288. The highest BCUT2D eigenvalue weighted by Gasteiger charge is 2.61. The van der Waals surface area contributed by atoms with E-state index in [1.54, 1.807) is 18.7 Å². The van der Waals surface area contributed by atoms with Crippen LogP contribution in [-0.2, 0) is 26.2 Å². The Hall–Kier alpha value is -4.97. The molecule has 4 aromatic rings. The van der Waals surface area contributed by atoms with Gasteiger partial charge in [-0.15, -0.1) is 0 Å². The molecule has 0 radical (unpaired) electrons. The Labute approximate surface area is 270 Å². The number of ether oxygens (including phenoxy) is 2. The number of hydrogen-bond donors (Lipinski definition) is 2. The first-order chi connectivity index (χ1) is 22.7. The predicted molar refractivity (Wildman–Crippen MR) is 165 cm³/mol. The van der Waals surface area contributed by atoms with Crippen LogP contribution in [-0.4, -0.2) is 63.6 Å². The zero-order valence-corrected chi connectivity index (χ0v) is 26.2. The summed E-state index contributed by atoms with van der Waals surface area (Å²) in [5.41, 5.74) is 2.60. The average molecular weight is 639 g/mol. The summed E-state index contributed by atoms with van der Waals surface area (Å²) < 4.78 is 24.1. The van der Waals surface area contributed by atoms with Crippen LogP contribution in [0, 0.1) is 11.8 Å². The van der Waals surface area contributed by atoms with Crippen molar-refractivity contribution in [2.24, 2.45) is 11.8 Å². The Balaban J connectivity index is 1.37. The predicted octanol–water partition coefficient (Wildman–Crippen LogP) is 4.41. The van der Waals surface area contributed by atoms with Gasteiger partial charge >= 0.3 is 5.97 Å². The van der Waals surface area contributed by atoms with E-state index in [1.807, 2.05) is 42.5 Å². The molecule has 2 N–H and O–H groups in total. The molecule has 1 fully saturated rings. The Bertz CT molecular complexity index is 1930. The van der Waals surface area contributed by atoms with Gasteiger partial charge in [0.2, 0.25) is 17.7 Å². The third-order valence-corrected chi connectivity index (χ3v) is 9.91. The highest BCUT2D eigenvalue weighted by molar-refractivity contribution is 5.90. The molecule has 1 spiro atoms. The summed E-state index contributed by atoms with van der Waals surface area (Å²) in [5.74, 6) is -0.788. The van der Waals surface area contributed by atoms with Gasteiger partial charge in [-0.05, 0) is 48.4 Å². The molecule has 4 bridgehead atoms. The number of para-hydroxylation sites is 1. The SMILES string of the molecule is COC(=O)c1coc(-c2nc3oc2C24c5ccccc5N[C@H]2Oc2ccc(cc24)C[C@H](CC(=O)[C@@H](O)C(C)C)C(=O)N2CCC[C@@H]32)n1. The van der Waals surface area contributed by atoms with Gasteiger partial charge in [0.15, 0.2) is 29.2 Å². The molecular weight excluding hydrogens is 604 g/mol. The molecule has 1 saturated heterocycles. The number of benzene rings is 2. The minimum atomic E-state index is -1.16. The Morgan fingerprint density at radius 2 is 2.00 bits per heavy atom. The van der Waals surface area contributed by atoms with Crippen LogP contribution in [0.2, 0.25) is 0 Å². The molecule has 4 aliphatic rings. The van der Waals surface area contributed by atoms with Crippen LogP contribution in [0.4, 0.5) is 5.69 Å². The number of carbonyl (C=O) groups is 3. The van der Waals surface area contributed by atoms with Gasteiger partial charge in [-0.25, -0.2) is 14.8 Å². The molecular formula is C35H34N4O8. The van der Waals surface area contributed by atoms with Crippen LogP contribution in [0.15, 0.2) is 57.6 Å². The van der Waals surface area contributed by atoms with E-state index in [0.29, 0.717) is 43.2 Å². The number of esters is 1. The van der Waals surface area contributed by atoms with E-state index in [9.17, 15) is 19.5 Å². The summed E-state index contributed by atoms with van der Waals surface area (Å²) in [4.78, 5) is 51.1. The summed E-state index contributed by atoms with van der Waals surface area (Å²) in [5, 5.41) is 14.1. The van der Waals surface area contributed by atoms with Crippen molar-refractivity contribution in [3.63, 3.8) is 0 Å². The number of Topliss-reactive ketones (excluding diaryl/α,β-unsaturated/α-hetero) is 1. The lowest BCUT2D eigenvalue weighted by Gasteiger charge is -2.30. The largest absolute Gasteiger partial charge is 0.469 e. The number of ketones is 1. The van der Waals surface area contributed by atoms with E-state index in [1.165, 1.54) is 13.4 Å². The molecule has 5 atom stereocenters. The number of methoxy groups -OCH3 is 1. The van der Waals surface area contributed by atoms with Crippen LogP contribution in [0.25, 0.3) is 11.6 Å². The topological polar surface area (TPSA) is 157 Å². The maximum absolute atomic E-state index is 14.3. The lowest BCUT2D eigenvalue weighted by molar-refractivity contribution is -0.141. The van der Waals surface area contributed by atoms with E-state index in [0.717, 1.165) is 22.4 Å². The number of nitrogens with one attached hydrogen (secondary N) is 1. The second kappa shape index (κ2) is 10.8. The van der Waals surface area contributed by atoms with E-state index in [4.69, 9.17) is 23.3 Å². The second-order valence-corrected chi connectivity index (χ2v) is 13.0. The molecule has 12 nitrogen and oxygen atoms in total. The van der Waals surface area contributed by atoms with Crippen molar-refractivity contribution < 1.29 is 37.8 Å². The third kappa shape index (κ3) is 4.34. The van der Waals surface area contributed by atoms with Gasteiger partial charge in [0.25, 0.3) is 0 Å². The highest BCUT2D eigenvalue weighted by Crippen LogP contribution is 2.59. The number of carbonyl (C=O) groups excluding carboxylic acids is 3. The summed E-state index contributed by atoms with van der Waals surface area (Å²) in [6.07, 6.45) is 0.943. The maximum Gasteiger partial charge on any atom is 0.360 e. The van der Waals surface area contributed by atoms with Gasteiger partial charge in [-0.2, -0.15) is 0 Å². The molecule has 12 heteroatoms. The van der Waals surface area contributed by atoms with Crippen molar-refractivity contribution in [2.45, 2.75) is 63.3 Å². The average Bonchev–Trinajstić information content (AvgIpc) is 3.89. The minimum Gasteiger partial charge on any atom is -0.469 e. The first-order valence-electron chi connectivity index (χ1n) is 15.9. The maximum atomic E-state index is 14.3. The molecule has 242 valence electrons. The number of amides is 1. The molecule has 1 amide bonds. The minimum absolute atomic E-state index is 0.0194. The molecule has 1 unspecified atom stereocenters. The Morgan fingerprint density at radius 1 is 1.17 bits per heavy atom. The van der Waals surface area contributed by atoms with Gasteiger partial charge in [0, 0.05) is 30.1 Å². The highest BCUT2D eigenvalue weighted by atomic mass is 16.5.